The number of carbonyl (C=O) groups is 2. The van der Waals surface area contributed by atoms with E-state index in [1.165, 1.54) is 0 Å². The van der Waals surface area contributed by atoms with Crippen LogP contribution in [0.1, 0.15) is 57.1 Å². The van der Waals surface area contributed by atoms with Crippen LogP contribution in [-0.2, 0) is 22.6 Å². The molecule has 0 saturated heterocycles. The maximum atomic E-state index is 12.8. The molecule has 37 heavy (non-hydrogen) atoms. The molecule has 2 aromatic carbocycles. The summed E-state index contributed by atoms with van der Waals surface area (Å²) in [6, 6.07) is 15.1. The van der Waals surface area contributed by atoms with Crippen molar-refractivity contribution in [2.75, 3.05) is 26.7 Å². The summed E-state index contributed by atoms with van der Waals surface area (Å²) in [7, 11) is 1.63. The van der Waals surface area contributed by atoms with Gasteiger partial charge in [0.05, 0.1) is 19.3 Å². The molecule has 2 rings (SSSR count). The van der Waals surface area contributed by atoms with Gasteiger partial charge in [0.2, 0.25) is 11.8 Å². The Hall–Kier alpha value is -2.42. The first kappa shape index (κ1) is 30.8. The minimum Gasteiger partial charge on any atom is -0.497 e. The van der Waals surface area contributed by atoms with Gasteiger partial charge in [-0.2, -0.15) is 0 Å². The van der Waals surface area contributed by atoms with Gasteiger partial charge >= 0.3 is 0 Å². The SMILES string of the molecule is CCCN(CCC)C(=O)CCCC(=O)N[C@@H](Cc1cccc(Br)c1)[C@H](O)CNCc1cccc(OC)c1. The minimum absolute atomic E-state index is 0.101. The highest BCUT2D eigenvalue weighted by molar-refractivity contribution is 9.10. The second-order valence-corrected chi connectivity index (χ2v) is 10.2. The zero-order valence-electron chi connectivity index (χ0n) is 22.3. The van der Waals surface area contributed by atoms with Crippen LogP contribution in [-0.4, -0.2) is 60.7 Å². The van der Waals surface area contributed by atoms with Crippen LogP contribution in [0.5, 0.6) is 5.75 Å². The molecule has 0 radical (unpaired) electrons. The lowest BCUT2D eigenvalue weighted by atomic mass is 10.0. The Balaban J connectivity index is 1.93. The first-order valence-corrected chi connectivity index (χ1v) is 14.0. The molecule has 2 aromatic rings. The van der Waals surface area contributed by atoms with E-state index < -0.39 is 12.1 Å². The van der Waals surface area contributed by atoms with E-state index in [0.29, 0.717) is 32.4 Å². The lowest BCUT2D eigenvalue weighted by molar-refractivity contribution is -0.131. The number of hydrogen-bond donors (Lipinski definition) is 3. The summed E-state index contributed by atoms with van der Waals surface area (Å²) >= 11 is 3.49. The molecule has 0 aliphatic carbocycles. The second kappa shape index (κ2) is 17.2. The highest BCUT2D eigenvalue weighted by Crippen LogP contribution is 2.15. The van der Waals surface area contributed by atoms with E-state index in [9.17, 15) is 14.7 Å². The number of ether oxygens (including phenoxy) is 1. The highest BCUT2D eigenvalue weighted by Gasteiger charge is 2.22. The summed E-state index contributed by atoms with van der Waals surface area (Å²) in [5.41, 5.74) is 2.06. The third-order valence-corrected chi connectivity index (χ3v) is 6.60. The fraction of sp³-hybridized carbons (Fsp3) is 0.517. The van der Waals surface area contributed by atoms with Gasteiger partial charge in [-0.05, 0) is 61.1 Å². The van der Waals surface area contributed by atoms with Gasteiger partial charge in [-0.25, -0.2) is 0 Å². The van der Waals surface area contributed by atoms with Crippen molar-refractivity contribution < 1.29 is 19.4 Å². The standard InChI is InChI=1S/C29H42BrN3O4/c1-4-15-33(16-5-2)29(36)14-8-13-28(35)32-26(19-22-9-6-11-24(30)17-22)27(34)21-31-20-23-10-7-12-25(18-23)37-3/h6-7,9-12,17-18,26-27,31,34H,4-5,8,13-16,19-21H2,1-3H3,(H,32,35)/t26-,27+/m0/s1. The van der Waals surface area contributed by atoms with E-state index in [4.69, 9.17) is 4.74 Å². The Morgan fingerprint density at radius 3 is 2.41 bits per heavy atom. The van der Waals surface area contributed by atoms with Gasteiger partial charge in [-0.15, -0.1) is 0 Å². The second-order valence-electron chi connectivity index (χ2n) is 9.29. The molecule has 0 heterocycles. The zero-order chi connectivity index (χ0) is 27.0. The van der Waals surface area contributed by atoms with E-state index in [2.05, 4.69) is 40.4 Å². The Kier molecular flexibility index (Phi) is 14.3. The number of halogens is 1. The first-order valence-electron chi connectivity index (χ1n) is 13.2. The zero-order valence-corrected chi connectivity index (χ0v) is 23.9. The molecule has 0 saturated carbocycles. The highest BCUT2D eigenvalue weighted by atomic mass is 79.9. The topological polar surface area (TPSA) is 90.9 Å². The largest absolute Gasteiger partial charge is 0.497 e. The molecular weight excluding hydrogens is 534 g/mol. The summed E-state index contributed by atoms with van der Waals surface area (Å²) in [4.78, 5) is 27.2. The third-order valence-electron chi connectivity index (χ3n) is 6.11. The average molecular weight is 577 g/mol. The van der Waals surface area contributed by atoms with Crippen LogP contribution in [0.15, 0.2) is 53.0 Å². The van der Waals surface area contributed by atoms with E-state index in [-0.39, 0.29) is 18.2 Å². The normalized spacial score (nSPS) is 12.6. The van der Waals surface area contributed by atoms with Crippen LogP contribution in [0.25, 0.3) is 0 Å². The Morgan fingerprint density at radius 1 is 1.03 bits per heavy atom. The molecular formula is C29H42BrN3O4. The van der Waals surface area contributed by atoms with E-state index in [0.717, 1.165) is 47.3 Å². The van der Waals surface area contributed by atoms with E-state index in [1.54, 1.807) is 7.11 Å². The van der Waals surface area contributed by atoms with Crippen LogP contribution < -0.4 is 15.4 Å². The molecule has 0 aliphatic rings. The summed E-state index contributed by atoms with van der Waals surface area (Å²) in [6.45, 7) is 6.51. The van der Waals surface area contributed by atoms with Gasteiger partial charge in [0.25, 0.3) is 0 Å². The molecule has 0 aliphatic heterocycles. The molecule has 0 aromatic heterocycles. The molecule has 2 amide bonds. The van der Waals surface area contributed by atoms with E-state index >= 15 is 0 Å². The predicted octanol–water partition coefficient (Wildman–Crippen LogP) is 4.45. The Bertz CT molecular complexity index is 966. The molecule has 8 heteroatoms. The molecule has 3 N–H and O–H groups in total. The summed E-state index contributed by atoms with van der Waals surface area (Å²) in [6.07, 6.45) is 2.64. The smallest absolute Gasteiger partial charge is 0.222 e. The lowest BCUT2D eigenvalue weighted by Crippen LogP contribution is -2.48. The first-order chi connectivity index (χ1) is 17.9. The Morgan fingerprint density at radius 2 is 1.73 bits per heavy atom. The van der Waals surface area contributed by atoms with Gasteiger partial charge in [-0.1, -0.05) is 54.0 Å². The van der Waals surface area contributed by atoms with Gasteiger partial charge in [0, 0.05) is 43.5 Å². The summed E-state index contributed by atoms with van der Waals surface area (Å²) in [5, 5.41) is 17.3. The fourth-order valence-corrected chi connectivity index (χ4v) is 4.68. The number of nitrogens with one attached hydrogen (secondary N) is 2. The molecule has 7 nitrogen and oxygen atoms in total. The van der Waals surface area contributed by atoms with Crippen LogP contribution in [0.2, 0.25) is 0 Å². The third kappa shape index (κ3) is 11.7. The van der Waals surface area contributed by atoms with E-state index in [1.807, 2.05) is 53.4 Å². The van der Waals surface area contributed by atoms with Gasteiger partial charge in [0.1, 0.15) is 5.75 Å². The van der Waals surface area contributed by atoms with Crippen molar-refractivity contribution in [1.82, 2.24) is 15.5 Å². The van der Waals surface area contributed by atoms with Crippen LogP contribution in [0.3, 0.4) is 0 Å². The average Bonchev–Trinajstić information content (AvgIpc) is 2.88. The maximum Gasteiger partial charge on any atom is 0.222 e. The van der Waals surface area contributed by atoms with Gasteiger partial charge in [-0.3, -0.25) is 9.59 Å². The van der Waals surface area contributed by atoms with Crippen molar-refractivity contribution in [3.8, 4) is 5.75 Å². The molecule has 2 atom stereocenters. The number of amides is 2. The van der Waals surface area contributed by atoms with Gasteiger partial charge < -0.3 is 25.4 Å². The number of hydrogen-bond acceptors (Lipinski definition) is 5. The Labute approximate surface area is 230 Å². The predicted molar refractivity (Wildman–Crippen MR) is 151 cm³/mol. The van der Waals surface area contributed by atoms with Gasteiger partial charge in [0.15, 0.2) is 0 Å². The molecule has 0 bridgehead atoms. The van der Waals surface area contributed by atoms with Crippen molar-refractivity contribution in [1.29, 1.82) is 0 Å². The molecule has 0 spiro atoms. The quantitative estimate of drug-likeness (QED) is 0.259. The number of carbonyl (C=O) groups excluding carboxylic acids is 2. The molecule has 0 fully saturated rings. The van der Waals surface area contributed by atoms with Crippen molar-refractivity contribution in [2.24, 2.45) is 0 Å². The lowest BCUT2D eigenvalue weighted by Gasteiger charge is -2.25. The molecule has 204 valence electrons. The monoisotopic (exact) mass is 575 g/mol. The minimum atomic E-state index is -0.792. The number of benzene rings is 2. The van der Waals surface area contributed by atoms with Crippen molar-refractivity contribution >= 4 is 27.7 Å². The number of methoxy groups -OCH3 is 1. The van der Waals surface area contributed by atoms with Crippen molar-refractivity contribution in [3.63, 3.8) is 0 Å². The number of aliphatic hydroxyl groups is 1. The van der Waals surface area contributed by atoms with Crippen LogP contribution in [0, 0.1) is 0 Å². The van der Waals surface area contributed by atoms with Crippen molar-refractivity contribution in [3.05, 3.63) is 64.1 Å². The van der Waals surface area contributed by atoms with Crippen LogP contribution in [0.4, 0.5) is 0 Å². The van der Waals surface area contributed by atoms with Crippen LogP contribution >= 0.6 is 15.9 Å². The number of rotatable bonds is 17. The van der Waals surface area contributed by atoms with Crippen molar-refractivity contribution in [2.45, 2.75) is 71.1 Å². The number of aliphatic hydroxyl groups excluding tert-OH is 1. The maximum absolute atomic E-state index is 12.8. The molecule has 0 unspecified atom stereocenters. The number of nitrogens with zero attached hydrogens (tertiary/aromatic N) is 1. The summed E-state index contributed by atoms with van der Waals surface area (Å²) in [5.74, 6) is 0.728. The summed E-state index contributed by atoms with van der Waals surface area (Å²) < 4.78 is 6.22. The fourth-order valence-electron chi connectivity index (χ4n) is 4.23.